The molecule has 1 aliphatic rings. The smallest absolute Gasteiger partial charge is 0.410 e. The van der Waals surface area contributed by atoms with E-state index in [-0.39, 0.29) is 6.09 Å². The predicted octanol–water partition coefficient (Wildman–Crippen LogP) is 4.07. The molecule has 0 fully saturated rings. The second-order valence-electron chi connectivity index (χ2n) is 5.02. The van der Waals surface area contributed by atoms with E-state index >= 15 is 0 Å². The predicted molar refractivity (Wildman–Crippen MR) is 84.5 cm³/mol. The Morgan fingerprint density at radius 3 is 3.05 bits per heavy atom. The van der Waals surface area contributed by atoms with E-state index in [0.29, 0.717) is 19.7 Å². The summed E-state index contributed by atoms with van der Waals surface area (Å²) in [5.41, 5.74) is 3.48. The summed E-state index contributed by atoms with van der Waals surface area (Å²) >= 11 is 6.08. The standard InChI is InChI=1S/C16H17ClN2O2/c1-2-21-16(20)19-7-5-11(6-8-19)14-10-18-15-4-3-12(17)9-13(14)15/h3-5,9-10,18H,2,6-8H2,1H3. The van der Waals surface area contributed by atoms with Crippen molar-refractivity contribution >= 4 is 34.2 Å². The van der Waals surface area contributed by atoms with Crippen LogP contribution in [0.25, 0.3) is 16.5 Å². The van der Waals surface area contributed by atoms with Gasteiger partial charge in [-0.2, -0.15) is 0 Å². The van der Waals surface area contributed by atoms with Crippen molar-refractivity contribution in [2.75, 3.05) is 19.7 Å². The van der Waals surface area contributed by atoms with Crippen LogP contribution in [0.3, 0.4) is 0 Å². The molecular formula is C16H17ClN2O2. The number of aromatic nitrogens is 1. The zero-order valence-electron chi connectivity index (χ0n) is 11.9. The highest BCUT2D eigenvalue weighted by Crippen LogP contribution is 2.30. The summed E-state index contributed by atoms with van der Waals surface area (Å²) in [5, 5.41) is 1.85. The van der Waals surface area contributed by atoms with Gasteiger partial charge in [-0.25, -0.2) is 4.79 Å². The average Bonchev–Trinajstić information content (AvgIpc) is 2.90. The highest BCUT2D eigenvalue weighted by atomic mass is 35.5. The number of nitrogens with one attached hydrogen (secondary N) is 1. The van der Waals surface area contributed by atoms with Crippen molar-refractivity contribution < 1.29 is 9.53 Å². The first-order valence-electron chi connectivity index (χ1n) is 7.06. The number of amides is 1. The largest absolute Gasteiger partial charge is 0.450 e. The number of ether oxygens (including phenoxy) is 1. The van der Waals surface area contributed by atoms with Crippen LogP contribution < -0.4 is 0 Å². The van der Waals surface area contributed by atoms with Gasteiger partial charge in [0, 0.05) is 40.8 Å². The molecule has 2 aromatic rings. The number of aromatic amines is 1. The van der Waals surface area contributed by atoms with Gasteiger partial charge in [0.25, 0.3) is 0 Å². The fourth-order valence-corrected chi connectivity index (χ4v) is 2.82. The number of nitrogens with zero attached hydrogens (tertiary/aromatic N) is 1. The highest BCUT2D eigenvalue weighted by Gasteiger charge is 2.20. The third kappa shape index (κ3) is 2.76. The molecule has 0 aliphatic carbocycles. The van der Waals surface area contributed by atoms with Gasteiger partial charge in [0.2, 0.25) is 0 Å². The van der Waals surface area contributed by atoms with E-state index in [0.717, 1.165) is 27.9 Å². The molecule has 1 aromatic heterocycles. The van der Waals surface area contributed by atoms with Crippen LogP contribution in [0.4, 0.5) is 4.79 Å². The van der Waals surface area contributed by atoms with Gasteiger partial charge < -0.3 is 14.6 Å². The Morgan fingerprint density at radius 2 is 2.33 bits per heavy atom. The molecule has 0 saturated carbocycles. The Kier molecular flexibility index (Phi) is 3.88. The first kappa shape index (κ1) is 14.0. The van der Waals surface area contributed by atoms with Crippen molar-refractivity contribution in [3.8, 4) is 0 Å². The molecule has 0 atom stereocenters. The molecule has 0 bridgehead atoms. The number of H-pyrrole nitrogens is 1. The third-order valence-electron chi connectivity index (χ3n) is 3.72. The molecule has 4 nitrogen and oxygen atoms in total. The van der Waals surface area contributed by atoms with E-state index < -0.39 is 0 Å². The Bertz CT molecular complexity index is 705. The monoisotopic (exact) mass is 304 g/mol. The molecule has 110 valence electrons. The summed E-state index contributed by atoms with van der Waals surface area (Å²) in [5.74, 6) is 0. The Hall–Kier alpha value is -1.94. The lowest BCUT2D eigenvalue weighted by molar-refractivity contribution is 0.111. The molecule has 0 radical (unpaired) electrons. The number of fused-ring (bicyclic) bond motifs is 1. The zero-order valence-corrected chi connectivity index (χ0v) is 12.6. The van der Waals surface area contributed by atoms with Crippen LogP contribution in [0.5, 0.6) is 0 Å². The topological polar surface area (TPSA) is 45.3 Å². The fraction of sp³-hybridized carbons (Fsp3) is 0.312. The van der Waals surface area contributed by atoms with Gasteiger partial charge >= 0.3 is 6.09 Å². The van der Waals surface area contributed by atoms with Gasteiger partial charge in [-0.3, -0.25) is 0 Å². The van der Waals surface area contributed by atoms with E-state index in [1.54, 1.807) is 4.90 Å². The molecule has 1 aliphatic heterocycles. The lowest BCUT2D eigenvalue weighted by Crippen LogP contribution is -2.35. The van der Waals surface area contributed by atoms with Crippen LogP contribution in [0.15, 0.2) is 30.5 Å². The maximum atomic E-state index is 11.7. The molecule has 3 rings (SSSR count). The molecule has 5 heteroatoms. The number of hydrogen-bond donors (Lipinski definition) is 1. The number of rotatable bonds is 2. The molecule has 2 heterocycles. The highest BCUT2D eigenvalue weighted by molar-refractivity contribution is 6.31. The number of halogens is 1. The SMILES string of the molecule is CCOC(=O)N1CC=C(c2c[nH]c3ccc(Cl)cc23)CC1. The lowest BCUT2D eigenvalue weighted by atomic mass is 9.99. The van der Waals surface area contributed by atoms with Crippen molar-refractivity contribution in [3.63, 3.8) is 0 Å². The molecule has 1 aromatic carbocycles. The summed E-state index contributed by atoms with van der Waals surface area (Å²) in [6.45, 7) is 3.49. The van der Waals surface area contributed by atoms with Crippen molar-refractivity contribution in [3.05, 3.63) is 41.1 Å². The second kappa shape index (κ2) is 5.82. The molecule has 21 heavy (non-hydrogen) atoms. The zero-order chi connectivity index (χ0) is 14.8. The molecule has 1 N–H and O–H groups in total. The Labute approximate surface area is 128 Å². The molecule has 1 amide bonds. The molecular weight excluding hydrogens is 288 g/mol. The fourth-order valence-electron chi connectivity index (χ4n) is 2.65. The summed E-state index contributed by atoms with van der Waals surface area (Å²) in [6, 6.07) is 5.83. The van der Waals surface area contributed by atoms with E-state index in [9.17, 15) is 4.79 Å². The molecule has 0 spiro atoms. The molecule has 0 saturated heterocycles. The normalized spacial score (nSPS) is 15.1. The number of hydrogen-bond acceptors (Lipinski definition) is 2. The minimum absolute atomic E-state index is 0.241. The number of carbonyl (C=O) groups excluding carboxylic acids is 1. The van der Waals surface area contributed by atoms with Crippen molar-refractivity contribution in [1.29, 1.82) is 0 Å². The van der Waals surface area contributed by atoms with Crippen LogP contribution in [0.1, 0.15) is 18.9 Å². The Balaban J connectivity index is 1.84. The van der Waals surface area contributed by atoms with E-state index in [1.165, 1.54) is 5.57 Å². The molecule has 0 unspecified atom stereocenters. The Morgan fingerprint density at radius 1 is 1.48 bits per heavy atom. The summed E-state index contributed by atoms with van der Waals surface area (Å²) in [4.78, 5) is 16.7. The number of benzene rings is 1. The van der Waals surface area contributed by atoms with Crippen molar-refractivity contribution in [2.45, 2.75) is 13.3 Å². The van der Waals surface area contributed by atoms with Crippen LogP contribution in [0.2, 0.25) is 5.02 Å². The van der Waals surface area contributed by atoms with Crippen LogP contribution in [0, 0.1) is 0 Å². The van der Waals surface area contributed by atoms with Gasteiger partial charge in [-0.15, -0.1) is 0 Å². The quantitative estimate of drug-likeness (QED) is 0.909. The van der Waals surface area contributed by atoms with E-state index in [4.69, 9.17) is 16.3 Å². The minimum Gasteiger partial charge on any atom is -0.450 e. The van der Waals surface area contributed by atoms with E-state index in [2.05, 4.69) is 11.1 Å². The van der Waals surface area contributed by atoms with Crippen molar-refractivity contribution in [2.24, 2.45) is 0 Å². The lowest BCUT2D eigenvalue weighted by Gasteiger charge is -2.25. The first-order valence-corrected chi connectivity index (χ1v) is 7.44. The maximum Gasteiger partial charge on any atom is 0.410 e. The average molecular weight is 305 g/mol. The van der Waals surface area contributed by atoms with Gasteiger partial charge in [0.05, 0.1) is 6.61 Å². The summed E-state index contributed by atoms with van der Waals surface area (Å²) in [6.07, 6.45) is 4.67. The van der Waals surface area contributed by atoms with Crippen molar-refractivity contribution in [1.82, 2.24) is 9.88 Å². The van der Waals surface area contributed by atoms with Crippen LogP contribution in [-0.2, 0) is 4.74 Å². The third-order valence-corrected chi connectivity index (χ3v) is 3.96. The first-order chi connectivity index (χ1) is 10.2. The van der Waals surface area contributed by atoms with Gasteiger partial charge in [0.15, 0.2) is 0 Å². The second-order valence-corrected chi connectivity index (χ2v) is 5.45. The maximum absolute atomic E-state index is 11.7. The van der Waals surface area contributed by atoms with E-state index in [1.807, 2.05) is 31.3 Å². The van der Waals surface area contributed by atoms with Gasteiger partial charge in [-0.05, 0) is 37.1 Å². The summed E-state index contributed by atoms with van der Waals surface area (Å²) in [7, 11) is 0. The minimum atomic E-state index is -0.241. The van der Waals surface area contributed by atoms with Crippen LogP contribution in [-0.4, -0.2) is 35.7 Å². The summed E-state index contributed by atoms with van der Waals surface area (Å²) < 4.78 is 5.03. The van der Waals surface area contributed by atoms with Gasteiger partial charge in [-0.1, -0.05) is 17.7 Å². The van der Waals surface area contributed by atoms with Crippen LogP contribution >= 0.6 is 11.6 Å². The van der Waals surface area contributed by atoms with Gasteiger partial charge in [0.1, 0.15) is 0 Å². The number of carbonyl (C=O) groups is 1.